The van der Waals surface area contributed by atoms with Crippen molar-refractivity contribution in [2.75, 3.05) is 18.8 Å². The van der Waals surface area contributed by atoms with Gasteiger partial charge in [0.25, 0.3) is 5.91 Å². The van der Waals surface area contributed by atoms with Gasteiger partial charge >= 0.3 is 0 Å². The molecule has 1 unspecified atom stereocenters. The number of ether oxygens (including phenoxy) is 1. The zero-order chi connectivity index (χ0) is 24.5. The minimum Gasteiger partial charge on any atom is -0.481 e. The van der Waals surface area contributed by atoms with Gasteiger partial charge in [0, 0.05) is 30.7 Å². The van der Waals surface area contributed by atoms with Crippen molar-refractivity contribution < 1.29 is 17.9 Å². The van der Waals surface area contributed by atoms with Crippen molar-refractivity contribution in [1.29, 1.82) is 0 Å². The number of aromatic nitrogens is 1. The SMILES string of the molecule is Cc1cccc(C)c1-c1ccnc2cc(O[C@H](C)C(=O)N3CCCC(CS(N)(=O)=O)C3)ccc12. The number of pyridine rings is 1. The fourth-order valence-corrected chi connectivity index (χ4v) is 5.83. The highest BCUT2D eigenvalue weighted by atomic mass is 32.2. The van der Waals surface area contributed by atoms with Crippen LogP contribution in [0.3, 0.4) is 0 Å². The first-order valence-corrected chi connectivity index (χ1v) is 13.2. The van der Waals surface area contributed by atoms with Gasteiger partial charge in [-0.2, -0.15) is 0 Å². The number of amides is 1. The van der Waals surface area contributed by atoms with Crippen LogP contribution in [0.4, 0.5) is 0 Å². The maximum Gasteiger partial charge on any atom is 0.263 e. The summed E-state index contributed by atoms with van der Waals surface area (Å²) in [6, 6.07) is 14.0. The molecule has 34 heavy (non-hydrogen) atoms. The lowest BCUT2D eigenvalue weighted by atomic mass is 9.93. The fourth-order valence-electron chi connectivity index (χ4n) is 4.90. The Labute approximate surface area is 201 Å². The topological polar surface area (TPSA) is 103 Å². The van der Waals surface area contributed by atoms with E-state index >= 15 is 0 Å². The van der Waals surface area contributed by atoms with Crippen LogP contribution in [-0.2, 0) is 14.8 Å². The van der Waals surface area contributed by atoms with E-state index in [0.717, 1.165) is 29.3 Å². The van der Waals surface area contributed by atoms with Gasteiger partial charge in [0.2, 0.25) is 10.0 Å². The lowest BCUT2D eigenvalue weighted by Crippen LogP contribution is -2.47. The molecule has 0 saturated carbocycles. The molecular weight excluding hydrogens is 450 g/mol. The Balaban J connectivity index is 1.52. The van der Waals surface area contributed by atoms with E-state index in [1.807, 2.05) is 24.3 Å². The number of benzene rings is 2. The minimum atomic E-state index is -3.57. The molecule has 3 aromatic rings. The number of sulfonamides is 1. The van der Waals surface area contributed by atoms with E-state index in [9.17, 15) is 13.2 Å². The van der Waals surface area contributed by atoms with Gasteiger partial charge in [-0.1, -0.05) is 18.2 Å². The van der Waals surface area contributed by atoms with E-state index in [-0.39, 0.29) is 17.6 Å². The number of likely N-dealkylation sites (tertiary alicyclic amines) is 1. The molecule has 2 atom stereocenters. The van der Waals surface area contributed by atoms with Crippen LogP contribution in [0.25, 0.3) is 22.0 Å². The van der Waals surface area contributed by atoms with Crippen LogP contribution in [0.15, 0.2) is 48.7 Å². The monoisotopic (exact) mass is 481 g/mol. The number of aryl methyl sites for hydroxylation is 2. The van der Waals surface area contributed by atoms with Crippen LogP contribution in [0.2, 0.25) is 0 Å². The van der Waals surface area contributed by atoms with Crippen LogP contribution < -0.4 is 9.88 Å². The zero-order valence-corrected chi connectivity index (χ0v) is 20.6. The molecule has 1 aromatic heterocycles. The van der Waals surface area contributed by atoms with Gasteiger partial charge in [-0.25, -0.2) is 13.6 Å². The molecule has 0 radical (unpaired) electrons. The summed E-state index contributed by atoms with van der Waals surface area (Å²) in [6.07, 6.45) is 2.59. The maximum atomic E-state index is 13.0. The summed E-state index contributed by atoms with van der Waals surface area (Å²) in [7, 11) is -3.57. The maximum absolute atomic E-state index is 13.0. The van der Waals surface area contributed by atoms with Gasteiger partial charge in [0.1, 0.15) is 5.75 Å². The molecule has 1 amide bonds. The summed E-state index contributed by atoms with van der Waals surface area (Å²) >= 11 is 0. The number of primary sulfonamides is 1. The molecule has 4 rings (SSSR count). The quantitative estimate of drug-likeness (QED) is 0.577. The van der Waals surface area contributed by atoms with Crippen LogP contribution in [-0.4, -0.2) is 49.2 Å². The van der Waals surface area contributed by atoms with Crippen molar-refractivity contribution in [3.05, 3.63) is 59.8 Å². The predicted octanol–water partition coefficient (Wildman–Crippen LogP) is 3.81. The van der Waals surface area contributed by atoms with Crippen LogP contribution in [0.5, 0.6) is 5.75 Å². The van der Waals surface area contributed by atoms with Gasteiger partial charge in [-0.3, -0.25) is 9.78 Å². The number of piperidine rings is 1. The second-order valence-corrected chi connectivity index (χ2v) is 10.8. The summed E-state index contributed by atoms with van der Waals surface area (Å²) in [6.45, 7) is 6.89. The number of carbonyl (C=O) groups excluding carboxylic acids is 1. The Morgan fingerprint density at radius 1 is 1.21 bits per heavy atom. The lowest BCUT2D eigenvalue weighted by Gasteiger charge is -2.33. The van der Waals surface area contributed by atoms with E-state index in [1.54, 1.807) is 18.0 Å². The predicted molar refractivity (Wildman–Crippen MR) is 134 cm³/mol. The number of rotatable bonds is 6. The Morgan fingerprint density at radius 3 is 2.65 bits per heavy atom. The first kappa shape index (κ1) is 24.2. The molecule has 1 saturated heterocycles. The summed E-state index contributed by atoms with van der Waals surface area (Å²) in [5.41, 5.74) is 5.52. The highest BCUT2D eigenvalue weighted by Crippen LogP contribution is 2.34. The van der Waals surface area contributed by atoms with E-state index in [0.29, 0.717) is 18.8 Å². The molecule has 180 valence electrons. The molecule has 1 aliphatic rings. The lowest BCUT2D eigenvalue weighted by molar-refractivity contribution is -0.139. The summed E-state index contributed by atoms with van der Waals surface area (Å²) in [5, 5.41) is 6.22. The first-order valence-electron chi connectivity index (χ1n) is 11.5. The van der Waals surface area contributed by atoms with Crippen LogP contribution in [0.1, 0.15) is 30.9 Å². The van der Waals surface area contributed by atoms with Crippen molar-refractivity contribution in [2.45, 2.75) is 39.7 Å². The summed E-state index contributed by atoms with van der Waals surface area (Å²) in [5.74, 6) is 0.160. The average molecular weight is 482 g/mol. The Kier molecular flexibility index (Phi) is 6.91. The fraction of sp³-hybridized carbons (Fsp3) is 0.385. The molecule has 8 heteroatoms. The molecule has 0 spiro atoms. The molecule has 7 nitrogen and oxygen atoms in total. The molecule has 0 bridgehead atoms. The second kappa shape index (κ2) is 9.72. The first-order chi connectivity index (χ1) is 16.1. The van der Waals surface area contributed by atoms with E-state index in [1.165, 1.54) is 16.7 Å². The molecule has 1 fully saturated rings. The highest BCUT2D eigenvalue weighted by Gasteiger charge is 2.29. The van der Waals surface area contributed by atoms with Gasteiger partial charge in [0.15, 0.2) is 6.10 Å². The highest BCUT2D eigenvalue weighted by molar-refractivity contribution is 7.89. The standard InChI is InChI=1S/C26H31N3O4S/c1-17-6-4-7-18(2)25(17)23-11-12-28-24-14-21(9-10-22(23)24)33-19(3)26(30)29-13-5-8-20(15-29)16-34(27,31)32/h4,6-7,9-12,14,19-20H,5,8,13,15-16H2,1-3H3,(H2,27,31,32)/t19-,20?/m1/s1. The number of carbonyl (C=O) groups is 1. The van der Waals surface area contributed by atoms with Crippen molar-refractivity contribution in [3.8, 4) is 16.9 Å². The normalized spacial score (nSPS) is 17.5. The molecule has 2 heterocycles. The molecular formula is C26H31N3O4S. The zero-order valence-electron chi connectivity index (χ0n) is 19.8. The van der Waals surface area contributed by atoms with Gasteiger partial charge in [0.05, 0.1) is 11.3 Å². The summed E-state index contributed by atoms with van der Waals surface area (Å²) in [4.78, 5) is 19.2. The number of hydrogen-bond donors (Lipinski definition) is 1. The van der Waals surface area contributed by atoms with E-state index in [2.05, 4.69) is 37.0 Å². The third kappa shape index (κ3) is 5.39. The Bertz CT molecular complexity index is 1300. The van der Waals surface area contributed by atoms with Crippen molar-refractivity contribution in [2.24, 2.45) is 11.1 Å². The van der Waals surface area contributed by atoms with Crippen molar-refractivity contribution in [3.63, 3.8) is 0 Å². The third-order valence-corrected chi connectivity index (χ3v) is 7.36. The van der Waals surface area contributed by atoms with Gasteiger partial charge in [-0.15, -0.1) is 0 Å². The van der Waals surface area contributed by atoms with Gasteiger partial charge < -0.3 is 9.64 Å². The van der Waals surface area contributed by atoms with Crippen LogP contribution in [0, 0.1) is 19.8 Å². The number of nitrogens with two attached hydrogens (primary N) is 1. The number of nitrogens with zero attached hydrogens (tertiary/aromatic N) is 2. The third-order valence-electron chi connectivity index (χ3n) is 6.42. The second-order valence-electron chi connectivity index (χ2n) is 9.19. The largest absolute Gasteiger partial charge is 0.481 e. The number of fused-ring (bicyclic) bond motifs is 1. The molecule has 2 aromatic carbocycles. The van der Waals surface area contributed by atoms with E-state index < -0.39 is 16.1 Å². The molecule has 0 aliphatic carbocycles. The average Bonchev–Trinajstić information content (AvgIpc) is 2.77. The Hall–Kier alpha value is -2.97. The van der Waals surface area contributed by atoms with Gasteiger partial charge in [-0.05, 0) is 80.0 Å². The summed E-state index contributed by atoms with van der Waals surface area (Å²) < 4.78 is 28.9. The minimum absolute atomic E-state index is 0.106. The molecule has 1 aliphatic heterocycles. The number of hydrogen-bond acceptors (Lipinski definition) is 5. The smallest absolute Gasteiger partial charge is 0.263 e. The van der Waals surface area contributed by atoms with E-state index in [4.69, 9.17) is 9.88 Å². The van der Waals surface area contributed by atoms with Crippen molar-refractivity contribution >= 4 is 26.8 Å². The Morgan fingerprint density at radius 2 is 1.94 bits per heavy atom. The van der Waals surface area contributed by atoms with Crippen molar-refractivity contribution in [1.82, 2.24) is 9.88 Å². The molecule has 2 N–H and O–H groups in total. The van der Waals surface area contributed by atoms with Crippen LogP contribution >= 0.6 is 0 Å².